The van der Waals surface area contributed by atoms with Crippen LogP contribution in [0, 0.1) is 5.92 Å². The zero-order valence-corrected chi connectivity index (χ0v) is 12.0. The molecule has 102 valence electrons. The molecule has 1 aromatic heterocycles. The first-order valence-corrected chi connectivity index (χ1v) is 6.50. The lowest BCUT2D eigenvalue weighted by Crippen LogP contribution is -2.31. The molecule has 0 radical (unpaired) electrons. The van der Waals surface area contributed by atoms with Gasteiger partial charge in [-0.1, -0.05) is 37.0 Å². The van der Waals surface area contributed by atoms with Crippen LogP contribution in [0.5, 0.6) is 0 Å². The number of nitrogen functional groups attached to an aromatic ring is 1. The van der Waals surface area contributed by atoms with Crippen molar-refractivity contribution < 1.29 is 4.79 Å². The second-order valence-electron chi connectivity index (χ2n) is 4.69. The molecule has 1 heterocycles. The van der Waals surface area contributed by atoms with Crippen LogP contribution in [-0.2, 0) is 4.79 Å². The molecule has 0 bridgehead atoms. The van der Waals surface area contributed by atoms with E-state index in [1.54, 1.807) is 16.7 Å². The maximum Gasteiger partial charge on any atom is 0.240 e. The highest BCUT2D eigenvalue weighted by Gasteiger charge is 2.26. The maximum atomic E-state index is 11.6. The number of imidazole rings is 1. The minimum absolute atomic E-state index is 0.0216. The number of aromatic nitrogens is 2. The topological polar surface area (TPSA) is 86.9 Å². The zero-order valence-electron chi connectivity index (χ0n) is 10.5. The average Bonchev–Trinajstić information content (AvgIpc) is 2.56. The number of hydrogen-bond donors (Lipinski definition) is 2. The maximum absolute atomic E-state index is 11.6. The zero-order chi connectivity index (χ0) is 14.3. The summed E-state index contributed by atoms with van der Waals surface area (Å²) >= 11 is 11.9. The minimum Gasteiger partial charge on any atom is -0.369 e. The molecular weight excluding hydrogens is 287 g/mol. The van der Waals surface area contributed by atoms with Crippen molar-refractivity contribution >= 4 is 46.1 Å². The van der Waals surface area contributed by atoms with Gasteiger partial charge in [0, 0.05) is 0 Å². The molecule has 1 atom stereocenters. The summed E-state index contributed by atoms with van der Waals surface area (Å²) in [7, 11) is 0. The van der Waals surface area contributed by atoms with E-state index >= 15 is 0 Å². The molecule has 0 saturated heterocycles. The molecule has 0 aliphatic carbocycles. The SMILES string of the molecule is CC(C)C(C(N)=O)n1c(N)nc2cc(Cl)c(Cl)cc21. The van der Waals surface area contributed by atoms with Gasteiger partial charge in [-0.3, -0.25) is 9.36 Å². The van der Waals surface area contributed by atoms with Crippen LogP contribution in [-0.4, -0.2) is 15.5 Å². The second-order valence-corrected chi connectivity index (χ2v) is 5.50. The normalized spacial score (nSPS) is 13.1. The molecule has 0 fully saturated rings. The van der Waals surface area contributed by atoms with Crippen molar-refractivity contribution in [3.05, 3.63) is 22.2 Å². The van der Waals surface area contributed by atoms with Crippen LogP contribution < -0.4 is 11.5 Å². The molecule has 0 spiro atoms. The number of anilines is 1. The van der Waals surface area contributed by atoms with Crippen molar-refractivity contribution in [2.75, 3.05) is 5.73 Å². The summed E-state index contributed by atoms with van der Waals surface area (Å²) in [6.07, 6.45) is 0. The number of benzene rings is 1. The van der Waals surface area contributed by atoms with E-state index in [1.165, 1.54) is 0 Å². The molecule has 0 aliphatic heterocycles. The fourth-order valence-electron chi connectivity index (χ4n) is 2.16. The number of fused-ring (bicyclic) bond motifs is 1. The molecule has 1 unspecified atom stereocenters. The van der Waals surface area contributed by atoms with Gasteiger partial charge in [-0.15, -0.1) is 0 Å². The smallest absolute Gasteiger partial charge is 0.240 e. The van der Waals surface area contributed by atoms with Crippen LogP contribution in [0.2, 0.25) is 10.0 Å². The summed E-state index contributed by atoms with van der Waals surface area (Å²) < 4.78 is 1.60. The Hall–Kier alpha value is -1.46. The largest absolute Gasteiger partial charge is 0.369 e. The van der Waals surface area contributed by atoms with E-state index in [4.69, 9.17) is 34.7 Å². The molecule has 2 rings (SSSR count). The van der Waals surface area contributed by atoms with Gasteiger partial charge < -0.3 is 11.5 Å². The van der Waals surface area contributed by atoms with Gasteiger partial charge in [-0.25, -0.2) is 4.98 Å². The van der Waals surface area contributed by atoms with Gasteiger partial charge in [0.25, 0.3) is 0 Å². The van der Waals surface area contributed by atoms with Gasteiger partial charge >= 0.3 is 0 Å². The van der Waals surface area contributed by atoms with Gasteiger partial charge in [-0.05, 0) is 18.1 Å². The van der Waals surface area contributed by atoms with Crippen molar-refractivity contribution in [2.45, 2.75) is 19.9 Å². The summed E-state index contributed by atoms with van der Waals surface area (Å²) in [6.45, 7) is 3.77. The summed E-state index contributed by atoms with van der Waals surface area (Å²) in [5.74, 6) is -0.274. The van der Waals surface area contributed by atoms with Gasteiger partial charge in [0.15, 0.2) is 0 Å². The third-order valence-electron chi connectivity index (χ3n) is 2.96. The summed E-state index contributed by atoms with van der Waals surface area (Å²) in [6, 6.07) is 2.67. The molecular formula is C12H14Cl2N4O. The predicted molar refractivity (Wildman–Crippen MR) is 77.2 cm³/mol. The average molecular weight is 301 g/mol. The van der Waals surface area contributed by atoms with Crippen molar-refractivity contribution in [3.8, 4) is 0 Å². The Labute approximate surface area is 120 Å². The van der Waals surface area contributed by atoms with E-state index in [1.807, 2.05) is 13.8 Å². The number of amides is 1. The summed E-state index contributed by atoms with van der Waals surface area (Å²) in [5, 5.41) is 0.765. The van der Waals surface area contributed by atoms with E-state index in [0.717, 1.165) is 0 Å². The minimum atomic E-state index is -0.581. The molecule has 0 saturated carbocycles. The number of rotatable bonds is 3. The highest BCUT2D eigenvalue weighted by atomic mass is 35.5. The number of carbonyl (C=O) groups excluding carboxylic acids is 1. The van der Waals surface area contributed by atoms with Crippen LogP contribution in [0.15, 0.2) is 12.1 Å². The third-order valence-corrected chi connectivity index (χ3v) is 3.68. The predicted octanol–water partition coefficient (Wildman–Crippen LogP) is 2.61. The Balaban J connectivity index is 2.75. The van der Waals surface area contributed by atoms with Crippen molar-refractivity contribution in [3.63, 3.8) is 0 Å². The number of nitrogens with zero attached hydrogens (tertiary/aromatic N) is 2. The van der Waals surface area contributed by atoms with Gasteiger partial charge in [-0.2, -0.15) is 0 Å². The molecule has 5 nitrogen and oxygen atoms in total. The summed E-state index contributed by atoms with van der Waals surface area (Å²) in [5.41, 5.74) is 12.6. The van der Waals surface area contributed by atoms with Crippen molar-refractivity contribution in [2.24, 2.45) is 11.7 Å². The lowest BCUT2D eigenvalue weighted by atomic mass is 10.0. The third kappa shape index (κ3) is 2.35. The van der Waals surface area contributed by atoms with Crippen molar-refractivity contribution in [1.82, 2.24) is 9.55 Å². The Bertz CT molecular complexity index is 651. The second kappa shape index (κ2) is 4.90. The first kappa shape index (κ1) is 14.0. The highest BCUT2D eigenvalue weighted by molar-refractivity contribution is 6.42. The van der Waals surface area contributed by atoms with Gasteiger partial charge in [0.05, 0.1) is 21.1 Å². The summed E-state index contributed by atoms with van der Waals surface area (Å²) in [4.78, 5) is 15.8. The van der Waals surface area contributed by atoms with Crippen LogP contribution in [0.3, 0.4) is 0 Å². The first-order valence-electron chi connectivity index (χ1n) is 5.74. The monoisotopic (exact) mass is 300 g/mol. The van der Waals surface area contributed by atoms with E-state index in [2.05, 4.69) is 4.98 Å². The van der Waals surface area contributed by atoms with Crippen LogP contribution >= 0.6 is 23.2 Å². The fourth-order valence-corrected chi connectivity index (χ4v) is 2.47. The van der Waals surface area contributed by atoms with Crippen molar-refractivity contribution in [1.29, 1.82) is 0 Å². The van der Waals surface area contributed by atoms with E-state index < -0.39 is 11.9 Å². The molecule has 7 heteroatoms. The Morgan fingerprint density at radius 3 is 2.42 bits per heavy atom. The quantitative estimate of drug-likeness (QED) is 0.913. The van der Waals surface area contributed by atoms with Gasteiger partial charge in [0.2, 0.25) is 11.9 Å². The van der Waals surface area contributed by atoms with Gasteiger partial charge in [0.1, 0.15) is 6.04 Å². The van der Waals surface area contributed by atoms with Crippen LogP contribution in [0.25, 0.3) is 11.0 Å². The van der Waals surface area contributed by atoms with E-state index in [9.17, 15) is 4.79 Å². The molecule has 1 amide bonds. The molecule has 2 aromatic rings. The number of halogens is 2. The fraction of sp³-hybridized carbons (Fsp3) is 0.333. The number of nitrogens with two attached hydrogens (primary N) is 2. The van der Waals surface area contributed by atoms with Crippen LogP contribution in [0.4, 0.5) is 5.95 Å². The number of primary amides is 1. The molecule has 19 heavy (non-hydrogen) atoms. The lowest BCUT2D eigenvalue weighted by molar-refractivity contribution is -0.122. The Morgan fingerprint density at radius 2 is 1.89 bits per heavy atom. The molecule has 1 aromatic carbocycles. The Kier molecular flexibility index (Phi) is 3.60. The standard InChI is InChI=1S/C12H14Cl2N4O/c1-5(2)10(11(15)19)18-9-4-7(14)6(13)3-8(9)17-12(18)16/h3-5,10H,1-2H3,(H2,15,19)(H2,16,17). The van der Waals surface area contributed by atoms with E-state index in [-0.39, 0.29) is 11.9 Å². The molecule has 4 N–H and O–H groups in total. The highest BCUT2D eigenvalue weighted by Crippen LogP contribution is 2.32. The molecule has 0 aliphatic rings. The lowest BCUT2D eigenvalue weighted by Gasteiger charge is -2.21. The van der Waals surface area contributed by atoms with Crippen LogP contribution in [0.1, 0.15) is 19.9 Å². The number of carbonyl (C=O) groups is 1. The van der Waals surface area contributed by atoms with E-state index in [0.29, 0.717) is 21.1 Å². The first-order chi connectivity index (χ1) is 8.82. The Morgan fingerprint density at radius 1 is 1.32 bits per heavy atom. The number of hydrogen-bond acceptors (Lipinski definition) is 3.